The van der Waals surface area contributed by atoms with Crippen LogP contribution >= 0.6 is 47.0 Å². The molecule has 92 valence electrons. The molecule has 4 fully saturated rings. The van der Waals surface area contributed by atoms with Crippen molar-refractivity contribution >= 4 is 47.0 Å². The molecule has 0 aromatic heterocycles. The van der Waals surface area contributed by atoms with Gasteiger partial charge in [0.2, 0.25) is 0 Å². The van der Waals surface area contributed by atoms with Crippen LogP contribution in [0, 0.1) is 10.8 Å². The number of hydrogen-bond acceptors (Lipinski definition) is 4. The third kappa shape index (κ3) is 1.21. The second-order valence-corrected chi connectivity index (χ2v) is 13.7. The van der Waals surface area contributed by atoms with E-state index in [1.54, 1.807) is 0 Å². The fourth-order valence-corrected chi connectivity index (χ4v) is 13.8. The highest BCUT2D eigenvalue weighted by molar-refractivity contribution is 8.37. The molecule has 4 saturated heterocycles. The summed E-state index contributed by atoms with van der Waals surface area (Å²) in [5, 5.41) is 0. The zero-order valence-corrected chi connectivity index (χ0v) is 14.1. The van der Waals surface area contributed by atoms with Crippen molar-refractivity contribution in [2.45, 2.75) is 58.9 Å². The smallest absolute Gasteiger partial charge is 0.0677 e. The van der Waals surface area contributed by atoms with Crippen molar-refractivity contribution < 1.29 is 0 Å². The number of hydrogen-bond donors (Lipinski definition) is 0. The summed E-state index contributed by atoms with van der Waals surface area (Å²) in [4.78, 5) is 0. The van der Waals surface area contributed by atoms with Crippen molar-refractivity contribution in [2.24, 2.45) is 10.8 Å². The van der Waals surface area contributed by atoms with Crippen LogP contribution in [0.5, 0.6) is 0 Å². The largest absolute Gasteiger partial charge is 0.132 e. The lowest BCUT2D eigenvalue weighted by atomic mass is 9.88. The monoisotopic (exact) mass is 292 g/mol. The lowest BCUT2D eigenvalue weighted by molar-refractivity contribution is 0.300. The predicted octanol–water partition coefficient (Wildman–Crippen LogP) is 5.10. The summed E-state index contributed by atoms with van der Waals surface area (Å²) < 4.78 is 2.37. The Hall–Kier alpha value is 1.40. The third-order valence-electron chi connectivity index (χ3n) is 4.82. The summed E-state index contributed by atoms with van der Waals surface area (Å²) in [7, 11) is 0. The van der Waals surface area contributed by atoms with E-state index >= 15 is 0 Å². The first-order valence-corrected chi connectivity index (χ1v) is 9.36. The van der Waals surface area contributed by atoms with Gasteiger partial charge in [0, 0.05) is 10.8 Å². The maximum atomic E-state index is 2.48. The van der Waals surface area contributed by atoms with Gasteiger partial charge in [0.25, 0.3) is 0 Å². The van der Waals surface area contributed by atoms with Crippen LogP contribution in [-0.2, 0) is 0 Å². The molecule has 0 spiro atoms. The molecule has 0 aromatic carbocycles. The van der Waals surface area contributed by atoms with Crippen LogP contribution in [0.4, 0.5) is 0 Å². The van der Waals surface area contributed by atoms with Crippen LogP contribution in [0.3, 0.4) is 0 Å². The summed E-state index contributed by atoms with van der Waals surface area (Å²) in [5.41, 5.74) is 0.869. The standard InChI is InChI=1S/C12H20S4/c1-9(2)7-13-8-10(3,4)12(6,14-7)16-11(9,5)15-8/h7-8H,1-6H3/t7-,8-,11+,12+/m1/s1. The van der Waals surface area contributed by atoms with Gasteiger partial charge in [-0.25, -0.2) is 0 Å². The molecule has 0 aromatic rings. The van der Waals surface area contributed by atoms with Crippen LogP contribution in [0.1, 0.15) is 41.5 Å². The van der Waals surface area contributed by atoms with E-state index in [-0.39, 0.29) is 0 Å². The first kappa shape index (κ1) is 12.4. The molecule has 4 aliphatic rings. The van der Waals surface area contributed by atoms with Crippen LogP contribution in [-0.4, -0.2) is 17.3 Å². The molecular weight excluding hydrogens is 272 g/mol. The summed E-state index contributed by atoms with van der Waals surface area (Å²) in [5.74, 6) is 0. The Morgan fingerprint density at radius 1 is 0.688 bits per heavy atom. The number of thioether (sulfide) groups is 4. The summed E-state index contributed by atoms with van der Waals surface area (Å²) in [6.07, 6.45) is 0. The molecule has 0 nitrogen and oxygen atoms in total. The molecular formula is C12H20S4. The molecule has 4 aliphatic heterocycles. The fourth-order valence-electron chi connectivity index (χ4n) is 2.63. The van der Waals surface area contributed by atoms with Crippen LogP contribution in [0.15, 0.2) is 0 Å². The molecule has 0 amide bonds. The molecule has 4 heterocycles. The number of rotatable bonds is 0. The van der Waals surface area contributed by atoms with Gasteiger partial charge in [0.1, 0.15) is 0 Å². The van der Waals surface area contributed by atoms with Gasteiger partial charge >= 0.3 is 0 Å². The molecule has 4 bridgehead atoms. The summed E-state index contributed by atoms with van der Waals surface area (Å²) >= 11 is 8.94. The first-order chi connectivity index (χ1) is 7.12. The highest BCUT2D eigenvalue weighted by Crippen LogP contribution is 2.83. The van der Waals surface area contributed by atoms with E-state index in [0.717, 1.165) is 9.16 Å². The van der Waals surface area contributed by atoms with Crippen molar-refractivity contribution in [1.29, 1.82) is 0 Å². The van der Waals surface area contributed by atoms with Gasteiger partial charge in [-0.05, 0) is 13.8 Å². The van der Waals surface area contributed by atoms with Gasteiger partial charge in [-0.3, -0.25) is 0 Å². The lowest BCUT2D eigenvalue weighted by Gasteiger charge is -2.71. The van der Waals surface area contributed by atoms with Crippen molar-refractivity contribution in [3.05, 3.63) is 0 Å². The minimum absolute atomic E-state index is 0.406. The molecule has 16 heavy (non-hydrogen) atoms. The molecule has 0 unspecified atom stereocenters. The lowest BCUT2D eigenvalue weighted by Crippen LogP contribution is -2.65. The fraction of sp³-hybridized carbons (Fsp3) is 1.00. The SMILES string of the molecule is CC1(C)[C@@H]2S[C@@H]3S[C@@]1(C)S[C@](C)(S2)C3(C)C. The quantitative estimate of drug-likeness (QED) is 0.609. The second kappa shape index (κ2) is 3.10. The van der Waals surface area contributed by atoms with Gasteiger partial charge < -0.3 is 0 Å². The highest BCUT2D eigenvalue weighted by Gasteiger charge is 2.71. The minimum atomic E-state index is 0.406. The van der Waals surface area contributed by atoms with Gasteiger partial charge in [-0.2, -0.15) is 0 Å². The molecule has 4 heteroatoms. The van der Waals surface area contributed by atoms with Gasteiger partial charge in [-0.1, -0.05) is 27.7 Å². The summed E-state index contributed by atoms with van der Waals surface area (Å²) in [6.45, 7) is 14.8. The van der Waals surface area contributed by atoms with E-state index < -0.39 is 0 Å². The zero-order valence-electron chi connectivity index (χ0n) is 10.8. The van der Waals surface area contributed by atoms with E-state index in [9.17, 15) is 0 Å². The topological polar surface area (TPSA) is 0 Å². The van der Waals surface area contributed by atoms with Crippen LogP contribution in [0.25, 0.3) is 0 Å². The Labute approximate surface area is 116 Å². The molecule has 4 rings (SSSR count). The molecule has 0 radical (unpaired) electrons. The normalized spacial score (nSPS) is 56.6. The van der Waals surface area contributed by atoms with E-state index in [1.165, 1.54) is 0 Å². The van der Waals surface area contributed by atoms with Crippen molar-refractivity contribution in [3.8, 4) is 0 Å². The Kier molecular flexibility index (Phi) is 2.41. The van der Waals surface area contributed by atoms with Crippen LogP contribution < -0.4 is 0 Å². The average molecular weight is 293 g/mol. The van der Waals surface area contributed by atoms with E-state index in [0.29, 0.717) is 19.0 Å². The maximum absolute atomic E-state index is 2.48. The first-order valence-electron chi connectivity index (χ1n) is 5.84. The Bertz CT molecular complexity index is 319. The van der Waals surface area contributed by atoms with Gasteiger partial charge in [0.15, 0.2) is 0 Å². The van der Waals surface area contributed by atoms with E-state index in [4.69, 9.17) is 0 Å². The molecule has 0 aliphatic carbocycles. The molecule has 4 atom stereocenters. The zero-order chi connectivity index (χ0) is 12.0. The van der Waals surface area contributed by atoms with E-state index in [2.05, 4.69) is 88.6 Å². The molecule has 0 saturated carbocycles. The third-order valence-corrected chi connectivity index (χ3v) is 14.2. The predicted molar refractivity (Wildman–Crippen MR) is 82.3 cm³/mol. The average Bonchev–Trinajstić information content (AvgIpc) is 2.07. The second-order valence-electron chi connectivity index (χ2n) is 6.47. The Balaban J connectivity index is 2.11. The highest BCUT2D eigenvalue weighted by atomic mass is 32.3. The van der Waals surface area contributed by atoms with Crippen LogP contribution in [0.2, 0.25) is 0 Å². The summed E-state index contributed by atoms with van der Waals surface area (Å²) in [6, 6.07) is 0. The Morgan fingerprint density at radius 2 is 1.06 bits per heavy atom. The van der Waals surface area contributed by atoms with E-state index in [1.807, 2.05) is 0 Å². The molecule has 0 N–H and O–H groups in total. The Morgan fingerprint density at radius 3 is 1.38 bits per heavy atom. The van der Waals surface area contributed by atoms with Gasteiger partial charge in [0.05, 0.1) is 17.3 Å². The van der Waals surface area contributed by atoms with Crippen molar-refractivity contribution in [2.75, 3.05) is 0 Å². The minimum Gasteiger partial charge on any atom is -0.132 e. The van der Waals surface area contributed by atoms with Crippen molar-refractivity contribution in [3.63, 3.8) is 0 Å². The van der Waals surface area contributed by atoms with Crippen molar-refractivity contribution in [1.82, 2.24) is 0 Å². The van der Waals surface area contributed by atoms with Gasteiger partial charge in [-0.15, -0.1) is 47.0 Å². The maximum Gasteiger partial charge on any atom is 0.0677 e.